The van der Waals surface area contributed by atoms with Gasteiger partial charge in [0.1, 0.15) is 5.41 Å². The minimum absolute atomic E-state index is 0.121. The van der Waals surface area contributed by atoms with Gasteiger partial charge in [0.15, 0.2) is 0 Å². The van der Waals surface area contributed by atoms with Crippen LogP contribution in [0.15, 0.2) is 0 Å². The van der Waals surface area contributed by atoms with Gasteiger partial charge in [-0.1, -0.05) is 6.42 Å². The lowest BCUT2D eigenvalue weighted by atomic mass is 9.81. The summed E-state index contributed by atoms with van der Waals surface area (Å²) in [6.07, 6.45) is 2.51. The van der Waals surface area contributed by atoms with Crippen molar-refractivity contribution in [1.29, 1.82) is 0 Å². The van der Waals surface area contributed by atoms with Gasteiger partial charge in [-0.05, 0) is 26.7 Å². The predicted molar refractivity (Wildman–Crippen MR) is 68.4 cm³/mol. The number of carboxylic acids is 1. The van der Waals surface area contributed by atoms with Crippen LogP contribution in [0.5, 0.6) is 0 Å². The first kappa shape index (κ1) is 14.3. The monoisotopic (exact) mass is 270 g/mol. The third-order valence-corrected chi connectivity index (χ3v) is 4.80. The van der Waals surface area contributed by atoms with Crippen LogP contribution < -0.4 is 11.1 Å². The van der Waals surface area contributed by atoms with Crippen LogP contribution in [-0.4, -0.2) is 42.3 Å². The number of nitrogens with two attached hydrogens (primary N) is 1. The maximum atomic E-state index is 12.4. The second kappa shape index (κ2) is 4.76. The highest BCUT2D eigenvalue weighted by molar-refractivity contribution is 5.85. The van der Waals surface area contributed by atoms with Crippen molar-refractivity contribution in [1.82, 2.24) is 5.32 Å². The highest BCUT2D eigenvalue weighted by Crippen LogP contribution is 2.38. The van der Waals surface area contributed by atoms with E-state index in [2.05, 4.69) is 5.32 Å². The summed E-state index contributed by atoms with van der Waals surface area (Å²) in [5.74, 6) is -1.10. The van der Waals surface area contributed by atoms with Crippen LogP contribution >= 0.6 is 0 Å². The fraction of sp³-hybridized carbons (Fsp3) is 0.846. The minimum atomic E-state index is -1.06. The summed E-state index contributed by atoms with van der Waals surface area (Å²) in [5, 5.41) is 12.1. The van der Waals surface area contributed by atoms with E-state index in [1.807, 2.05) is 6.92 Å². The molecule has 0 bridgehead atoms. The molecule has 4 N–H and O–H groups in total. The van der Waals surface area contributed by atoms with Gasteiger partial charge in [-0.25, -0.2) is 0 Å². The van der Waals surface area contributed by atoms with Gasteiger partial charge in [-0.3, -0.25) is 9.59 Å². The van der Waals surface area contributed by atoms with Crippen molar-refractivity contribution in [3.63, 3.8) is 0 Å². The molecule has 4 unspecified atom stereocenters. The Bertz CT molecular complexity index is 400. The quantitative estimate of drug-likeness (QED) is 0.675. The maximum Gasteiger partial charge on any atom is 0.313 e. The van der Waals surface area contributed by atoms with Gasteiger partial charge in [0.25, 0.3) is 0 Å². The molecule has 0 radical (unpaired) electrons. The fourth-order valence-corrected chi connectivity index (χ4v) is 2.88. The van der Waals surface area contributed by atoms with Gasteiger partial charge in [0.2, 0.25) is 5.91 Å². The van der Waals surface area contributed by atoms with Crippen molar-refractivity contribution in [2.75, 3.05) is 13.2 Å². The molecule has 19 heavy (non-hydrogen) atoms. The lowest BCUT2D eigenvalue weighted by Gasteiger charge is -2.32. The number of hydrogen-bond acceptors (Lipinski definition) is 4. The van der Waals surface area contributed by atoms with Crippen molar-refractivity contribution < 1.29 is 19.4 Å². The summed E-state index contributed by atoms with van der Waals surface area (Å²) in [7, 11) is 0. The van der Waals surface area contributed by atoms with E-state index in [0.717, 1.165) is 19.3 Å². The molecule has 4 atom stereocenters. The molecule has 6 heteroatoms. The molecule has 6 nitrogen and oxygen atoms in total. The van der Waals surface area contributed by atoms with E-state index in [4.69, 9.17) is 10.5 Å². The van der Waals surface area contributed by atoms with E-state index in [-0.39, 0.29) is 25.2 Å². The van der Waals surface area contributed by atoms with Crippen molar-refractivity contribution in [2.45, 2.75) is 45.2 Å². The number of amides is 1. The summed E-state index contributed by atoms with van der Waals surface area (Å²) in [5.41, 5.74) is 4.35. The number of ether oxygens (including phenoxy) is 1. The van der Waals surface area contributed by atoms with E-state index in [0.29, 0.717) is 0 Å². The van der Waals surface area contributed by atoms with E-state index in [1.165, 1.54) is 0 Å². The molecule has 1 saturated carbocycles. The number of aliphatic carboxylic acids is 1. The van der Waals surface area contributed by atoms with Crippen LogP contribution in [0.25, 0.3) is 0 Å². The van der Waals surface area contributed by atoms with E-state index < -0.39 is 22.8 Å². The molecule has 2 aliphatic rings. The van der Waals surface area contributed by atoms with Gasteiger partial charge in [-0.2, -0.15) is 0 Å². The van der Waals surface area contributed by atoms with Crippen molar-refractivity contribution in [2.24, 2.45) is 16.6 Å². The fourth-order valence-electron chi connectivity index (χ4n) is 2.88. The van der Waals surface area contributed by atoms with Crippen LogP contribution in [0.4, 0.5) is 0 Å². The molecular weight excluding hydrogens is 248 g/mol. The summed E-state index contributed by atoms with van der Waals surface area (Å²) in [6.45, 7) is 3.81. The Kier molecular flexibility index (Phi) is 3.57. The summed E-state index contributed by atoms with van der Waals surface area (Å²) in [6, 6.07) is -0.659. The molecule has 2 rings (SSSR count). The number of rotatable bonds is 3. The molecule has 0 aromatic rings. The highest BCUT2D eigenvalue weighted by Gasteiger charge is 2.50. The van der Waals surface area contributed by atoms with Crippen LogP contribution in [0.3, 0.4) is 0 Å². The Balaban J connectivity index is 2.09. The highest BCUT2D eigenvalue weighted by atomic mass is 16.5. The van der Waals surface area contributed by atoms with Crippen LogP contribution in [0, 0.1) is 10.8 Å². The summed E-state index contributed by atoms with van der Waals surface area (Å²) in [4.78, 5) is 23.7. The molecule has 1 heterocycles. The van der Waals surface area contributed by atoms with Crippen molar-refractivity contribution in [3.8, 4) is 0 Å². The van der Waals surface area contributed by atoms with Gasteiger partial charge in [0, 0.05) is 6.04 Å². The van der Waals surface area contributed by atoms with Gasteiger partial charge in [0.05, 0.1) is 24.7 Å². The van der Waals surface area contributed by atoms with Crippen LogP contribution in [0.2, 0.25) is 0 Å². The number of carboxylic acid groups (broad SMARTS) is 1. The Morgan fingerprint density at radius 3 is 2.58 bits per heavy atom. The first-order chi connectivity index (χ1) is 8.80. The van der Waals surface area contributed by atoms with Crippen LogP contribution in [-0.2, 0) is 14.3 Å². The lowest BCUT2D eigenvalue weighted by molar-refractivity contribution is -0.149. The molecule has 0 spiro atoms. The van der Waals surface area contributed by atoms with Crippen LogP contribution in [0.1, 0.15) is 33.1 Å². The standard InChI is InChI=1S/C13H22N2O4/c1-12(5-3-4-8(12)14)10(16)15-9-6-19-7-13(9,2)11(17)18/h8-9H,3-7,14H2,1-2H3,(H,15,16)(H,17,18). The molecular formula is C13H22N2O4. The second-order valence-corrected chi connectivity index (χ2v) is 6.18. The first-order valence-corrected chi connectivity index (χ1v) is 6.68. The zero-order valence-corrected chi connectivity index (χ0v) is 11.4. The molecule has 1 aliphatic heterocycles. The number of nitrogens with one attached hydrogen (secondary N) is 1. The summed E-state index contributed by atoms with van der Waals surface area (Å²) < 4.78 is 5.23. The Labute approximate surface area is 112 Å². The number of carbonyl (C=O) groups excluding carboxylic acids is 1. The first-order valence-electron chi connectivity index (χ1n) is 6.68. The summed E-state index contributed by atoms with van der Waals surface area (Å²) >= 11 is 0. The normalized spacial score (nSPS) is 42.3. The molecule has 2 fully saturated rings. The molecule has 108 valence electrons. The van der Waals surface area contributed by atoms with E-state index >= 15 is 0 Å². The maximum absolute atomic E-state index is 12.4. The molecule has 0 aromatic heterocycles. The zero-order chi connectivity index (χ0) is 14.3. The van der Waals surface area contributed by atoms with Gasteiger partial charge >= 0.3 is 5.97 Å². The lowest BCUT2D eigenvalue weighted by Crippen LogP contribution is -2.55. The molecule has 1 amide bonds. The Hall–Kier alpha value is -1.14. The number of hydrogen-bond donors (Lipinski definition) is 3. The average Bonchev–Trinajstić information content (AvgIpc) is 2.87. The number of carbonyl (C=O) groups is 2. The topological polar surface area (TPSA) is 102 Å². The zero-order valence-electron chi connectivity index (χ0n) is 11.4. The predicted octanol–water partition coefficient (Wildman–Crippen LogP) is 0.110. The SMILES string of the molecule is CC1(C(=O)NC2COCC2(C)C(=O)O)CCCC1N. The molecule has 0 aromatic carbocycles. The Morgan fingerprint density at radius 1 is 1.37 bits per heavy atom. The minimum Gasteiger partial charge on any atom is -0.481 e. The second-order valence-electron chi connectivity index (χ2n) is 6.18. The molecule has 1 saturated heterocycles. The third kappa shape index (κ3) is 2.23. The van der Waals surface area contributed by atoms with Gasteiger partial charge < -0.3 is 20.9 Å². The van der Waals surface area contributed by atoms with E-state index in [1.54, 1.807) is 6.92 Å². The average molecular weight is 270 g/mol. The molecule has 1 aliphatic carbocycles. The van der Waals surface area contributed by atoms with Crippen molar-refractivity contribution in [3.05, 3.63) is 0 Å². The third-order valence-electron chi connectivity index (χ3n) is 4.80. The van der Waals surface area contributed by atoms with Gasteiger partial charge in [-0.15, -0.1) is 0 Å². The van der Waals surface area contributed by atoms with E-state index in [9.17, 15) is 14.7 Å². The largest absolute Gasteiger partial charge is 0.481 e. The Morgan fingerprint density at radius 2 is 2.05 bits per heavy atom. The van der Waals surface area contributed by atoms with Crippen molar-refractivity contribution >= 4 is 11.9 Å². The smallest absolute Gasteiger partial charge is 0.313 e.